The molecule has 0 aliphatic heterocycles. The molecule has 1 fully saturated rings. The molecule has 0 saturated heterocycles. The highest BCUT2D eigenvalue weighted by molar-refractivity contribution is 6.33. The SMILES string of the molecule is C=C1c2c(Cl)ccc(O)c2C(O)=C2C(=O)C3(O)C(O)=C(C(N)=O)C(=O)[C@@H](N(C)C)[C@@H]3[C@@H](O)C12. The summed E-state index contributed by atoms with van der Waals surface area (Å²) < 4.78 is 0. The van der Waals surface area contributed by atoms with Crippen LogP contribution in [0.3, 0.4) is 0 Å². The summed E-state index contributed by atoms with van der Waals surface area (Å²) in [6.45, 7) is 3.89. The summed E-state index contributed by atoms with van der Waals surface area (Å²) in [6, 6.07) is 1.08. The van der Waals surface area contributed by atoms with Gasteiger partial charge in [-0.15, -0.1) is 0 Å². The topological polar surface area (TPSA) is 182 Å². The van der Waals surface area contributed by atoms with E-state index in [1.54, 1.807) is 0 Å². The zero-order chi connectivity index (χ0) is 24.7. The Morgan fingerprint density at radius 1 is 1.18 bits per heavy atom. The van der Waals surface area contributed by atoms with Gasteiger partial charge >= 0.3 is 0 Å². The summed E-state index contributed by atoms with van der Waals surface area (Å²) in [5.41, 5.74) is 0.634. The molecule has 4 rings (SSSR count). The molecule has 3 aliphatic carbocycles. The molecule has 1 aromatic rings. The normalized spacial score (nSPS) is 31.5. The van der Waals surface area contributed by atoms with Crippen LogP contribution in [0.4, 0.5) is 0 Å². The number of Topliss-reactive ketones (excluding diaryl/α,β-unsaturated/α-hetero) is 2. The van der Waals surface area contributed by atoms with E-state index in [0.717, 1.165) is 0 Å². The number of nitrogens with two attached hydrogens (primary N) is 1. The molecule has 33 heavy (non-hydrogen) atoms. The van der Waals surface area contributed by atoms with E-state index < -0.39 is 75.5 Å². The summed E-state index contributed by atoms with van der Waals surface area (Å²) in [7, 11) is 2.84. The molecule has 0 aromatic heterocycles. The van der Waals surface area contributed by atoms with Crippen molar-refractivity contribution in [1.82, 2.24) is 4.90 Å². The fourth-order valence-corrected chi connectivity index (χ4v) is 5.54. The van der Waals surface area contributed by atoms with Gasteiger partial charge in [-0.05, 0) is 31.8 Å². The molecule has 11 heteroatoms. The van der Waals surface area contributed by atoms with E-state index >= 15 is 0 Å². The Balaban J connectivity index is 2.10. The molecule has 0 radical (unpaired) electrons. The van der Waals surface area contributed by atoms with Gasteiger partial charge in [0.2, 0.25) is 5.78 Å². The number of aliphatic hydroxyl groups excluding tert-OH is 3. The number of phenolic OH excluding ortho intramolecular Hbond substituents is 1. The third-order valence-corrected chi connectivity index (χ3v) is 6.99. The second-order valence-corrected chi connectivity index (χ2v) is 8.96. The fraction of sp³-hybridized carbons (Fsp3) is 0.318. The second kappa shape index (κ2) is 7.16. The molecule has 5 atom stereocenters. The highest BCUT2D eigenvalue weighted by atomic mass is 35.5. The van der Waals surface area contributed by atoms with Crippen molar-refractivity contribution in [2.24, 2.45) is 17.6 Å². The Kier molecular flexibility index (Phi) is 4.99. The number of aromatic hydroxyl groups is 1. The van der Waals surface area contributed by atoms with Crippen LogP contribution in [0.15, 0.2) is 35.6 Å². The predicted octanol–water partition coefficient (Wildman–Crippen LogP) is 0.0589. The molecule has 10 nitrogen and oxygen atoms in total. The summed E-state index contributed by atoms with van der Waals surface area (Å²) >= 11 is 6.25. The monoisotopic (exact) mass is 476 g/mol. The molecule has 0 bridgehead atoms. The largest absolute Gasteiger partial charge is 0.508 e. The number of nitrogens with zero attached hydrogens (tertiary/aromatic N) is 1. The van der Waals surface area contributed by atoms with Crippen LogP contribution in [-0.4, -0.2) is 79.7 Å². The molecule has 3 aliphatic rings. The van der Waals surface area contributed by atoms with E-state index in [4.69, 9.17) is 17.3 Å². The number of aliphatic hydroxyl groups is 4. The lowest BCUT2D eigenvalue weighted by Crippen LogP contribution is -2.70. The van der Waals surface area contributed by atoms with E-state index in [0.29, 0.717) is 0 Å². The molecule has 1 amide bonds. The Morgan fingerprint density at radius 3 is 2.33 bits per heavy atom. The molecular weight excluding hydrogens is 456 g/mol. The maximum absolute atomic E-state index is 13.7. The number of fused-ring (bicyclic) bond motifs is 3. The minimum atomic E-state index is -2.97. The van der Waals surface area contributed by atoms with Gasteiger partial charge in [-0.2, -0.15) is 0 Å². The first-order chi connectivity index (χ1) is 15.3. The van der Waals surface area contributed by atoms with Crippen LogP contribution in [0.1, 0.15) is 11.1 Å². The van der Waals surface area contributed by atoms with Gasteiger partial charge in [0, 0.05) is 16.5 Å². The van der Waals surface area contributed by atoms with Crippen LogP contribution in [0.2, 0.25) is 5.02 Å². The molecule has 2 unspecified atom stereocenters. The van der Waals surface area contributed by atoms with E-state index in [9.17, 15) is 39.9 Å². The molecular formula is C22H21ClN2O8. The van der Waals surface area contributed by atoms with Crippen molar-refractivity contribution in [3.8, 4) is 5.75 Å². The zero-order valence-corrected chi connectivity index (χ0v) is 18.3. The molecule has 174 valence electrons. The summed E-state index contributed by atoms with van der Waals surface area (Å²) in [5.74, 6) is -9.18. The average molecular weight is 477 g/mol. The van der Waals surface area contributed by atoms with Crippen molar-refractivity contribution in [2.75, 3.05) is 14.1 Å². The third-order valence-electron chi connectivity index (χ3n) is 6.67. The van der Waals surface area contributed by atoms with Gasteiger partial charge in [0.15, 0.2) is 11.4 Å². The quantitative estimate of drug-likeness (QED) is 0.321. The number of halogens is 1. The maximum Gasteiger partial charge on any atom is 0.255 e. The van der Waals surface area contributed by atoms with Crippen molar-refractivity contribution < 1.29 is 39.9 Å². The van der Waals surface area contributed by atoms with Crippen molar-refractivity contribution in [2.45, 2.75) is 17.7 Å². The van der Waals surface area contributed by atoms with Gasteiger partial charge < -0.3 is 31.3 Å². The van der Waals surface area contributed by atoms with Crippen molar-refractivity contribution in [1.29, 1.82) is 0 Å². The molecule has 7 N–H and O–H groups in total. The Morgan fingerprint density at radius 2 is 1.79 bits per heavy atom. The number of benzene rings is 1. The highest BCUT2D eigenvalue weighted by Gasteiger charge is 2.68. The minimum Gasteiger partial charge on any atom is -0.508 e. The highest BCUT2D eigenvalue weighted by Crippen LogP contribution is 2.56. The van der Waals surface area contributed by atoms with Gasteiger partial charge in [0.05, 0.1) is 29.2 Å². The average Bonchev–Trinajstić information content (AvgIpc) is 2.72. The number of carbonyl (C=O) groups is 3. The number of rotatable bonds is 2. The van der Waals surface area contributed by atoms with Crippen LogP contribution in [-0.2, 0) is 14.4 Å². The van der Waals surface area contributed by atoms with Crippen LogP contribution < -0.4 is 5.73 Å². The predicted molar refractivity (Wildman–Crippen MR) is 116 cm³/mol. The minimum absolute atomic E-state index is 0.0516. The standard InChI is InChI=1S/C22H21ClN2O8/c1-6-9-7(23)4-5-8(26)11(9)16(27)12-10(6)17(28)14-15(25(2)3)18(29)13(21(24)32)20(31)22(14,33)19(12)30/h4-5,10,14-15,17,26-28,31,33H,1H2,2-3H3,(H2,24,32)/t10?,14-,15+,17+,22?/m1/s1. The fourth-order valence-electron chi connectivity index (χ4n) is 5.26. The first-order valence-corrected chi connectivity index (χ1v) is 10.2. The van der Waals surface area contributed by atoms with E-state index in [1.807, 2.05) is 0 Å². The van der Waals surface area contributed by atoms with Crippen molar-refractivity contribution in [3.63, 3.8) is 0 Å². The van der Waals surface area contributed by atoms with Gasteiger partial charge in [-0.1, -0.05) is 18.2 Å². The van der Waals surface area contributed by atoms with Gasteiger partial charge in [0.25, 0.3) is 5.91 Å². The number of hydrogen-bond donors (Lipinski definition) is 6. The van der Waals surface area contributed by atoms with Crippen LogP contribution in [0.25, 0.3) is 11.3 Å². The van der Waals surface area contributed by atoms with Gasteiger partial charge in [0.1, 0.15) is 22.8 Å². The number of phenols is 1. The van der Waals surface area contributed by atoms with Gasteiger partial charge in [-0.25, -0.2) is 0 Å². The third kappa shape index (κ3) is 2.69. The number of ketones is 2. The van der Waals surface area contributed by atoms with Crippen LogP contribution >= 0.6 is 11.6 Å². The van der Waals surface area contributed by atoms with E-state index in [1.165, 1.54) is 31.1 Å². The first kappa shape index (κ1) is 23.0. The van der Waals surface area contributed by atoms with E-state index in [2.05, 4.69) is 6.58 Å². The van der Waals surface area contributed by atoms with Crippen LogP contribution in [0, 0.1) is 11.8 Å². The number of likely N-dealkylation sites (N-methyl/N-ethyl adjacent to an activating group) is 1. The molecule has 1 aromatic carbocycles. The number of hydrogen-bond acceptors (Lipinski definition) is 9. The lowest BCUT2D eigenvalue weighted by molar-refractivity contribution is -0.166. The summed E-state index contributed by atoms with van der Waals surface area (Å²) in [4.78, 5) is 39.9. The van der Waals surface area contributed by atoms with Crippen molar-refractivity contribution in [3.05, 3.63) is 51.8 Å². The number of amides is 1. The zero-order valence-electron chi connectivity index (χ0n) is 17.5. The Hall–Kier alpha value is -3.18. The lowest BCUT2D eigenvalue weighted by atomic mass is 9.55. The summed E-state index contributed by atoms with van der Waals surface area (Å²) in [6.07, 6.45) is -1.75. The summed E-state index contributed by atoms with van der Waals surface area (Å²) in [5, 5.41) is 55.0. The number of carbonyl (C=O) groups excluding carboxylic acids is 3. The second-order valence-electron chi connectivity index (χ2n) is 8.55. The van der Waals surface area contributed by atoms with E-state index in [-0.39, 0.29) is 21.7 Å². The molecule has 0 spiro atoms. The van der Waals surface area contributed by atoms with Crippen LogP contribution in [0.5, 0.6) is 5.75 Å². The van der Waals surface area contributed by atoms with Gasteiger partial charge in [-0.3, -0.25) is 19.3 Å². The maximum atomic E-state index is 13.7. The lowest BCUT2D eigenvalue weighted by Gasteiger charge is -2.52. The Bertz CT molecular complexity index is 1230. The van der Waals surface area contributed by atoms with Crippen molar-refractivity contribution >= 4 is 40.4 Å². The molecule has 1 saturated carbocycles. The molecule has 0 heterocycles. The Labute approximate surface area is 192 Å². The number of primary amides is 1. The first-order valence-electron chi connectivity index (χ1n) is 9.81. The smallest absolute Gasteiger partial charge is 0.255 e.